The summed E-state index contributed by atoms with van der Waals surface area (Å²) < 4.78 is 7.56. The topological polar surface area (TPSA) is 85.2 Å². The summed E-state index contributed by atoms with van der Waals surface area (Å²) in [4.78, 5) is 25.3. The first kappa shape index (κ1) is 22.0. The molecule has 0 fully saturated rings. The van der Waals surface area contributed by atoms with Crippen LogP contribution in [0.2, 0.25) is 0 Å². The van der Waals surface area contributed by atoms with E-state index in [0.29, 0.717) is 35.0 Å². The Morgan fingerprint density at radius 1 is 1.06 bits per heavy atom. The van der Waals surface area contributed by atoms with E-state index < -0.39 is 0 Å². The van der Waals surface area contributed by atoms with Gasteiger partial charge >= 0.3 is 0 Å². The molecule has 0 aliphatic heterocycles. The quantitative estimate of drug-likeness (QED) is 0.337. The van der Waals surface area contributed by atoms with Crippen LogP contribution in [0.4, 0.5) is 0 Å². The van der Waals surface area contributed by atoms with Crippen molar-refractivity contribution in [2.45, 2.75) is 33.6 Å². The van der Waals surface area contributed by atoms with Gasteiger partial charge in [0.05, 0.1) is 23.6 Å². The van der Waals surface area contributed by atoms with Crippen LogP contribution < -0.4 is 10.3 Å². The molecule has 0 amide bonds. The minimum Gasteiger partial charge on any atom is -0.493 e. The standard InChI is InChI=1S/C26H25N5O2S/c1-4-9-22-27-16(3)23-25(32)29-24(30-31(22)23)19-14-18(12-13-21(19)33-5-2)20-15-34-26(28-20)17-10-7-6-8-11-17/h6-8,10-15H,4-5,9H2,1-3H3,(H,29,30,32). The lowest BCUT2D eigenvalue weighted by Crippen LogP contribution is -2.16. The van der Waals surface area contributed by atoms with Gasteiger partial charge in [0.15, 0.2) is 11.3 Å². The molecule has 7 nitrogen and oxygen atoms in total. The number of fused-ring (bicyclic) bond motifs is 1. The zero-order valence-corrected chi connectivity index (χ0v) is 20.1. The van der Waals surface area contributed by atoms with Crippen LogP contribution in [0.25, 0.3) is 38.7 Å². The average Bonchev–Trinajstić information content (AvgIpc) is 3.46. The molecule has 0 spiro atoms. The molecule has 0 bridgehead atoms. The summed E-state index contributed by atoms with van der Waals surface area (Å²) in [5, 5.41) is 7.77. The van der Waals surface area contributed by atoms with E-state index in [-0.39, 0.29) is 5.56 Å². The summed E-state index contributed by atoms with van der Waals surface area (Å²) in [6.45, 7) is 6.35. The SMILES string of the molecule is CCCc1nc(C)c2c(=O)[nH]c(-c3cc(-c4csc(-c5ccccc5)n4)ccc3OCC)nn12. The summed E-state index contributed by atoms with van der Waals surface area (Å²) in [6.07, 6.45) is 1.65. The Morgan fingerprint density at radius 2 is 1.88 bits per heavy atom. The number of ether oxygens (including phenoxy) is 1. The molecular weight excluding hydrogens is 446 g/mol. The monoisotopic (exact) mass is 471 g/mol. The van der Waals surface area contributed by atoms with E-state index in [9.17, 15) is 4.79 Å². The van der Waals surface area contributed by atoms with Crippen molar-refractivity contribution < 1.29 is 4.74 Å². The molecule has 34 heavy (non-hydrogen) atoms. The van der Waals surface area contributed by atoms with Gasteiger partial charge in [-0.15, -0.1) is 16.4 Å². The van der Waals surface area contributed by atoms with Gasteiger partial charge in [0.25, 0.3) is 5.56 Å². The zero-order valence-electron chi connectivity index (χ0n) is 19.3. The molecule has 0 aliphatic rings. The van der Waals surface area contributed by atoms with E-state index in [2.05, 4.69) is 29.0 Å². The van der Waals surface area contributed by atoms with Gasteiger partial charge in [0.1, 0.15) is 16.6 Å². The smallest absolute Gasteiger partial charge is 0.277 e. The Balaban J connectivity index is 1.64. The normalized spacial score (nSPS) is 11.3. The van der Waals surface area contributed by atoms with Crippen LogP contribution >= 0.6 is 11.3 Å². The van der Waals surface area contributed by atoms with Gasteiger partial charge in [0, 0.05) is 22.9 Å². The fraction of sp³-hybridized carbons (Fsp3) is 0.231. The van der Waals surface area contributed by atoms with Gasteiger partial charge in [-0.1, -0.05) is 37.3 Å². The van der Waals surface area contributed by atoms with Crippen molar-refractivity contribution in [3.63, 3.8) is 0 Å². The van der Waals surface area contributed by atoms with Crippen LogP contribution in [0.1, 0.15) is 31.8 Å². The number of thiazole rings is 1. The van der Waals surface area contributed by atoms with Crippen LogP contribution in [0.5, 0.6) is 5.75 Å². The van der Waals surface area contributed by atoms with Gasteiger partial charge in [-0.2, -0.15) is 0 Å². The van der Waals surface area contributed by atoms with E-state index in [1.807, 2.05) is 55.6 Å². The highest BCUT2D eigenvalue weighted by Gasteiger charge is 2.18. The number of aromatic amines is 1. The first-order chi connectivity index (χ1) is 16.6. The highest BCUT2D eigenvalue weighted by atomic mass is 32.1. The predicted molar refractivity (Wildman–Crippen MR) is 135 cm³/mol. The minimum atomic E-state index is -0.217. The first-order valence-electron chi connectivity index (χ1n) is 11.4. The fourth-order valence-electron chi connectivity index (χ4n) is 4.02. The Kier molecular flexibility index (Phi) is 5.98. The number of hydrogen-bond acceptors (Lipinski definition) is 6. The molecule has 0 saturated carbocycles. The number of rotatable bonds is 7. The van der Waals surface area contributed by atoms with Gasteiger partial charge in [0.2, 0.25) is 0 Å². The van der Waals surface area contributed by atoms with Crippen molar-refractivity contribution in [1.29, 1.82) is 0 Å². The van der Waals surface area contributed by atoms with Gasteiger partial charge in [-0.25, -0.2) is 14.5 Å². The summed E-state index contributed by atoms with van der Waals surface area (Å²) in [6, 6.07) is 16.0. The third-order valence-electron chi connectivity index (χ3n) is 5.57. The Bertz CT molecular complexity index is 1520. The maximum Gasteiger partial charge on any atom is 0.277 e. The van der Waals surface area contributed by atoms with Crippen LogP contribution in [0.3, 0.4) is 0 Å². The maximum absolute atomic E-state index is 13.0. The molecule has 3 heterocycles. The number of hydrogen-bond donors (Lipinski definition) is 1. The molecule has 8 heteroatoms. The lowest BCUT2D eigenvalue weighted by molar-refractivity contribution is 0.341. The summed E-state index contributed by atoms with van der Waals surface area (Å²) >= 11 is 1.60. The van der Waals surface area contributed by atoms with E-state index in [1.165, 1.54) is 0 Å². The Morgan fingerprint density at radius 3 is 2.65 bits per heavy atom. The minimum absolute atomic E-state index is 0.217. The van der Waals surface area contributed by atoms with Crippen molar-refractivity contribution in [2.24, 2.45) is 0 Å². The van der Waals surface area contributed by atoms with Crippen molar-refractivity contribution in [2.75, 3.05) is 6.61 Å². The van der Waals surface area contributed by atoms with Crippen LogP contribution in [0, 0.1) is 6.92 Å². The predicted octanol–water partition coefficient (Wildman–Crippen LogP) is 5.53. The Hall–Kier alpha value is -3.78. The van der Waals surface area contributed by atoms with Crippen molar-refractivity contribution in [1.82, 2.24) is 24.6 Å². The van der Waals surface area contributed by atoms with E-state index in [0.717, 1.165) is 40.5 Å². The third-order valence-corrected chi connectivity index (χ3v) is 6.46. The lowest BCUT2D eigenvalue weighted by atomic mass is 10.1. The number of nitrogens with zero attached hydrogens (tertiary/aromatic N) is 4. The largest absolute Gasteiger partial charge is 0.493 e. The molecule has 0 aliphatic carbocycles. The first-order valence-corrected chi connectivity index (χ1v) is 12.2. The third kappa shape index (κ3) is 4.01. The molecule has 0 radical (unpaired) electrons. The molecule has 1 N–H and O–H groups in total. The van der Waals surface area contributed by atoms with Gasteiger partial charge in [-0.05, 0) is 38.5 Å². The fourth-order valence-corrected chi connectivity index (χ4v) is 4.85. The lowest BCUT2D eigenvalue weighted by Gasteiger charge is -2.12. The molecule has 5 aromatic rings. The van der Waals surface area contributed by atoms with Crippen molar-refractivity contribution in [3.05, 3.63) is 75.8 Å². The molecular formula is C26H25N5O2S. The number of aromatic nitrogens is 5. The van der Waals surface area contributed by atoms with E-state index in [1.54, 1.807) is 15.9 Å². The molecule has 0 atom stereocenters. The molecule has 0 unspecified atom stereocenters. The summed E-state index contributed by atoms with van der Waals surface area (Å²) in [5.74, 6) is 1.88. The second-order valence-corrected chi connectivity index (χ2v) is 8.83. The number of aryl methyl sites for hydroxylation is 2. The highest BCUT2D eigenvalue weighted by molar-refractivity contribution is 7.13. The molecule has 3 aromatic heterocycles. The number of nitrogens with one attached hydrogen (secondary N) is 1. The second-order valence-electron chi connectivity index (χ2n) is 7.97. The summed E-state index contributed by atoms with van der Waals surface area (Å²) in [5.41, 5.74) is 4.52. The van der Waals surface area contributed by atoms with Gasteiger partial charge in [-0.3, -0.25) is 4.79 Å². The summed E-state index contributed by atoms with van der Waals surface area (Å²) in [7, 11) is 0. The molecule has 2 aromatic carbocycles. The number of H-pyrrole nitrogens is 1. The highest BCUT2D eigenvalue weighted by Crippen LogP contribution is 2.34. The Labute approximate surface area is 201 Å². The van der Waals surface area contributed by atoms with Gasteiger partial charge < -0.3 is 9.72 Å². The average molecular weight is 472 g/mol. The van der Waals surface area contributed by atoms with Crippen LogP contribution in [-0.4, -0.2) is 31.2 Å². The molecule has 5 rings (SSSR count). The second kappa shape index (κ2) is 9.23. The molecule has 172 valence electrons. The van der Waals surface area contributed by atoms with Crippen molar-refractivity contribution >= 4 is 16.9 Å². The van der Waals surface area contributed by atoms with E-state index >= 15 is 0 Å². The van der Waals surface area contributed by atoms with E-state index in [4.69, 9.17) is 14.8 Å². The number of imidazole rings is 1. The zero-order chi connectivity index (χ0) is 23.7. The van der Waals surface area contributed by atoms with Crippen LogP contribution in [-0.2, 0) is 6.42 Å². The van der Waals surface area contributed by atoms with Crippen LogP contribution in [0.15, 0.2) is 58.7 Å². The number of benzene rings is 2. The maximum atomic E-state index is 13.0. The molecule has 0 saturated heterocycles. The van der Waals surface area contributed by atoms with Crippen molar-refractivity contribution in [3.8, 4) is 39.0 Å².